The fourth-order valence-corrected chi connectivity index (χ4v) is 9.56. The van der Waals surface area contributed by atoms with E-state index in [2.05, 4.69) is 82.7 Å². The molecule has 4 aromatic heterocycles. The van der Waals surface area contributed by atoms with E-state index in [1.165, 1.54) is 44.2 Å². The summed E-state index contributed by atoms with van der Waals surface area (Å²) >= 11 is 6.03. The molecule has 2 atom stereocenters. The third-order valence-electron chi connectivity index (χ3n) is 12.8. The van der Waals surface area contributed by atoms with Crippen LogP contribution >= 0.6 is 11.6 Å². The van der Waals surface area contributed by atoms with Crippen LogP contribution in [0.5, 0.6) is 0 Å². The quantitative estimate of drug-likeness (QED) is 0.138. The molecule has 6 heterocycles. The zero-order chi connectivity index (χ0) is 48.8. The van der Waals surface area contributed by atoms with Crippen molar-refractivity contribution in [2.75, 3.05) is 67.7 Å². The maximum absolute atomic E-state index is 14.0. The van der Waals surface area contributed by atoms with Crippen molar-refractivity contribution in [1.82, 2.24) is 49.0 Å². The first-order valence-corrected chi connectivity index (χ1v) is 24.1. The van der Waals surface area contributed by atoms with E-state index in [-0.39, 0.29) is 43.9 Å². The number of rotatable bonds is 8. The van der Waals surface area contributed by atoms with E-state index in [0.29, 0.717) is 98.6 Å². The lowest BCUT2D eigenvalue weighted by atomic mass is 9.88. The molecule has 2 aliphatic heterocycles. The van der Waals surface area contributed by atoms with Crippen LogP contribution in [0.4, 0.5) is 35.4 Å². The zero-order valence-electron chi connectivity index (χ0n) is 38.6. The molecular weight excluding hydrogens is 964 g/mol. The summed E-state index contributed by atoms with van der Waals surface area (Å²) in [6.45, 7) is 4.58. The number of hydrogen-bond acceptors (Lipinski definition) is 14. The van der Waals surface area contributed by atoms with Crippen molar-refractivity contribution in [1.29, 1.82) is 0 Å². The van der Waals surface area contributed by atoms with Crippen molar-refractivity contribution in [3.63, 3.8) is 0 Å². The molecule has 0 radical (unpaired) electrons. The van der Waals surface area contributed by atoms with Gasteiger partial charge in [0.05, 0.1) is 54.5 Å². The molecule has 21 heteroatoms. The molecule has 12 rings (SSSR count). The van der Waals surface area contributed by atoms with Gasteiger partial charge < -0.3 is 30.3 Å². The molecule has 0 spiro atoms. The van der Waals surface area contributed by atoms with Crippen molar-refractivity contribution in [2.45, 2.75) is 78.3 Å². The molecule has 384 valence electrons. The highest BCUT2D eigenvalue weighted by atomic mass is 35.5. The van der Waals surface area contributed by atoms with Gasteiger partial charge in [-0.15, -0.1) is 0 Å². The van der Waals surface area contributed by atoms with Crippen molar-refractivity contribution in [3.05, 3.63) is 136 Å². The van der Waals surface area contributed by atoms with Crippen molar-refractivity contribution in [3.8, 4) is 11.9 Å². The van der Waals surface area contributed by atoms with Gasteiger partial charge in [0.25, 0.3) is 12.9 Å². The number of ether oxygens (including phenoxy) is 2. The predicted octanol–water partition coefficient (Wildman–Crippen LogP) is 10.4. The standard InChI is InChI=1S/C25H25F2N7O.C15H13ClF2N6O.C10H13N.2CH4/c26-21(27)22-28-19-9-3-4-11-20(19)34(22)25-31-23(30-24(32-25)33-12-14-35-15-13-33)29-18-10-5-7-16-6-1-2-8-17(16)18;16-13-20-14(23-5-7-25-8-6-23)22-15(21-13)24-10-4-2-1-3-9(10)19-12(24)11(17)18;11-10-7-3-5-8-4-1-2-6-9(8)10;;/h1-4,6,8-9,11,18,21H,5,7,10,12-15H2,(H,29,30,31,32);1-4,11H,5-8H2;1-2,4,6,10H,3,5,7,11H2;2*1H4. The Labute approximate surface area is 426 Å². The van der Waals surface area contributed by atoms with Gasteiger partial charge in [-0.05, 0) is 96.6 Å². The van der Waals surface area contributed by atoms with Crippen LogP contribution in [0.2, 0.25) is 5.28 Å². The predicted molar refractivity (Wildman–Crippen MR) is 275 cm³/mol. The van der Waals surface area contributed by atoms with Crippen LogP contribution < -0.4 is 20.9 Å². The van der Waals surface area contributed by atoms with Crippen LogP contribution in [0.25, 0.3) is 34.0 Å². The molecule has 8 aromatic rings. The van der Waals surface area contributed by atoms with E-state index in [4.69, 9.17) is 31.8 Å². The third-order valence-corrected chi connectivity index (χ3v) is 13.0. The van der Waals surface area contributed by atoms with Gasteiger partial charge in [0, 0.05) is 32.2 Å². The maximum Gasteiger partial charge on any atom is 0.296 e. The number of imidazole rings is 2. The highest BCUT2D eigenvalue weighted by Crippen LogP contribution is 2.34. The van der Waals surface area contributed by atoms with Gasteiger partial charge in [-0.2, -0.15) is 29.9 Å². The molecule has 0 amide bonds. The van der Waals surface area contributed by atoms with Gasteiger partial charge in [-0.1, -0.05) is 87.6 Å². The number of para-hydroxylation sites is 4. The Morgan fingerprint density at radius 2 is 0.973 bits per heavy atom. The summed E-state index contributed by atoms with van der Waals surface area (Å²) in [6, 6.07) is 31.0. The van der Waals surface area contributed by atoms with E-state index in [1.807, 2.05) is 15.9 Å². The number of aromatic nitrogens is 10. The SMILES string of the molecule is C.C.FC(F)c1nc2ccccc2n1-c1nc(Cl)nc(N2CCOCC2)n1.FC(F)c1nc2ccccc2n1-c1nc(NC2CCCc3ccccc32)nc(N2CCOCC2)n1.NC1CCCc2ccccc21. The lowest BCUT2D eigenvalue weighted by Crippen LogP contribution is -2.37. The summed E-state index contributed by atoms with van der Waals surface area (Å²) in [5.41, 5.74) is 13.2. The lowest BCUT2D eigenvalue weighted by molar-refractivity contribution is 0.122. The number of halogens is 5. The first kappa shape index (κ1) is 52.5. The van der Waals surface area contributed by atoms with Crippen LogP contribution in [0.1, 0.15) is 99.4 Å². The van der Waals surface area contributed by atoms with Gasteiger partial charge in [0.2, 0.25) is 35.0 Å². The molecule has 2 aliphatic carbocycles. The second kappa shape index (κ2) is 23.8. The number of morpholine rings is 2. The first-order chi connectivity index (χ1) is 34.7. The minimum absolute atomic E-state index is 0. The van der Waals surface area contributed by atoms with Crippen LogP contribution in [0, 0.1) is 0 Å². The molecule has 3 N–H and O–H groups in total. The van der Waals surface area contributed by atoms with E-state index in [9.17, 15) is 17.6 Å². The molecule has 16 nitrogen and oxygen atoms in total. The molecule has 2 fully saturated rings. The number of hydrogen-bond donors (Lipinski definition) is 2. The number of fused-ring (bicyclic) bond motifs is 4. The Morgan fingerprint density at radius 1 is 0.534 bits per heavy atom. The van der Waals surface area contributed by atoms with E-state index in [0.717, 1.165) is 25.7 Å². The smallest absolute Gasteiger partial charge is 0.296 e. The van der Waals surface area contributed by atoms with Crippen molar-refractivity contribution in [2.24, 2.45) is 5.73 Å². The number of nitrogens with one attached hydrogen (secondary N) is 1. The summed E-state index contributed by atoms with van der Waals surface area (Å²) in [7, 11) is 0. The number of alkyl halides is 4. The largest absolute Gasteiger partial charge is 0.378 e. The third kappa shape index (κ3) is 11.7. The Balaban J connectivity index is 0.000000163. The van der Waals surface area contributed by atoms with Gasteiger partial charge in [-0.25, -0.2) is 27.5 Å². The molecule has 0 bridgehead atoms. The van der Waals surface area contributed by atoms with Crippen molar-refractivity contribution >= 4 is 51.5 Å². The van der Waals surface area contributed by atoms with E-state index < -0.39 is 18.7 Å². The normalized spacial score (nSPS) is 17.4. The monoisotopic (exact) mass is 1020 g/mol. The summed E-state index contributed by atoms with van der Waals surface area (Å²) in [5.74, 6) is 0.439. The number of anilines is 3. The van der Waals surface area contributed by atoms with Crippen molar-refractivity contribution < 1.29 is 27.0 Å². The van der Waals surface area contributed by atoms with Gasteiger partial charge >= 0.3 is 0 Å². The summed E-state index contributed by atoms with van der Waals surface area (Å²) in [5, 5.41) is 3.41. The summed E-state index contributed by atoms with van der Waals surface area (Å²) in [4.78, 5) is 38.5. The second-order valence-corrected chi connectivity index (χ2v) is 17.7. The molecule has 4 aromatic carbocycles. The van der Waals surface area contributed by atoms with Gasteiger partial charge in [0.1, 0.15) is 0 Å². The molecule has 2 saturated heterocycles. The molecule has 73 heavy (non-hydrogen) atoms. The minimum atomic E-state index is -2.78. The molecule has 4 aliphatic rings. The maximum atomic E-state index is 14.0. The molecular formula is C52H59ClF4N14O2. The molecule has 0 saturated carbocycles. The lowest BCUT2D eigenvalue weighted by Gasteiger charge is -2.29. The average molecular weight is 1020 g/mol. The number of benzene rings is 4. The number of aryl methyl sites for hydroxylation is 2. The van der Waals surface area contributed by atoms with Crippen LogP contribution in [-0.2, 0) is 22.3 Å². The van der Waals surface area contributed by atoms with Crippen LogP contribution in [0.3, 0.4) is 0 Å². The summed E-state index contributed by atoms with van der Waals surface area (Å²) in [6.07, 6.45) is 1.06. The first-order valence-electron chi connectivity index (χ1n) is 23.7. The van der Waals surface area contributed by atoms with Gasteiger partial charge in [-0.3, -0.25) is 9.13 Å². The highest BCUT2D eigenvalue weighted by Gasteiger charge is 2.28. The highest BCUT2D eigenvalue weighted by molar-refractivity contribution is 6.28. The Hall–Kier alpha value is -6.87. The zero-order valence-corrected chi connectivity index (χ0v) is 39.4. The Morgan fingerprint density at radius 3 is 1.52 bits per heavy atom. The van der Waals surface area contributed by atoms with E-state index >= 15 is 0 Å². The fraction of sp³-hybridized carbons (Fsp3) is 0.385. The topological polar surface area (TPSA) is 176 Å². The van der Waals surface area contributed by atoms with Gasteiger partial charge in [0.15, 0.2) is 11.6 Å². The summed E-state index contributed by atoms with van der Waals surface area (Å²) < 4.78 is 68.4. The number of nitrogens with zero attached hydrogens (tertiary/aromatic N) is 12. The fourth-order valence-electron chi connectivity index (χ4n) is 9.41. The Kier molecular flexibility index (Phi) is 17.1. The second-order valence-electron chi connectivity index (χ2n) is 17.3. The van der Waals surface area contributed by atoms with Crippen LogP contribution in [0.15, 0.2) is 97.1 Å². The molecule has 2 unspecified atom stereocenters. The van der Waals surface area contributed by atoms with Crippen LogP contribution in [-0.4, -0.2) is 102 Å². The van der Waals surface area contributed by atoms with E-state index in [1.54, 1.807) is 48.5 Å². The number of nitrogens with two attached hydrogens (primary N) is 1. The average Bonchev–Trinajstić information content (AvgIpc) is 4.00. The Bertz CT molecular complexity index is 3110. The minimum Gasteiger partial charge on any atom is -0.378 e.